The van der Waals surface area contributed by atoms with E-state index in [1.807, 2.05) is 24.3 Å². The van der Waals surface area contributed by atoms with Crippen molar-refractivity contribution in [3.8, 4) is 5.75 Å². The van der Waals surface area contributed by atoms with Crippen LogP contribution in [0.25, 0.3) is 0 Å². The predicted octanol–water partition coefficient (Wildman–Crippen LogP) is 3.29. The molecule has 18 heavy (non-hydrogen) atoms. The van der Waals surface area contributed by atoms with Crippen LogP contribution < -0.4 is 10.1 Å². The quantitative estimate of drug-likeness (QED) is 0.840. The van der Waals surface area contributed by atoms with Crippen LogP contribution in [0.2, 0.25) is 0 Å². The zero-order valence-electron chi connectivity index (χ0n) is 10.3. The maximum Gasteiger partial charge on any atom is 0.119 e. The Kier molecular flexibility index (Phi) is 4.61. The summed E-state index contributed by atoms with van der Waals surface area (Å²) in [5.41, 5.74) is 2.35. The average Bonchev–Trinajstić information content (AvgIpc) is 2.92. The predicted molar refractivity (Wildman–Crippen MR) is 75.4 cm³/mol. The molecule has 0 fully saturated rings. The normalized spacial score (nSPS) is 12.1. The molecule has 96 valence electrons. The molecule has 0 bridgehead atoms. The Morgan fingerprint density at radius 3 is 2.67 bits per heavy atom. The summed E-state index contributed by atoms with van der Waals surface area (Å²) in [4.78, 5) is 0. The molecule has 2 rings (SSSR count). The summed E-state index contributed by atoms with van der Waals surface area (Å²) in [6.45, 7) is 2.51. The fourth-order valence-corrected chi connectivity index (χ4v) is 2.42. The molecule has 1 unspecified atom stereocenters. The maximum atomic E-state index is 8.67. The molecule has 0 aliphatic carbocycles. The second kappa shape index (κ2) is 6.42. The first-order valence-electron chi connectivity index (χ1n) is 5.92. The highest BCUT2D eigenvalue weighted by molar-refractivity contribution is 7.07. The first kappa shape index (κ1) is 12.9. The van der Waals surface area contributed by atoms with E-state index in [9.17, 15) is 0 Å². The third-order valence-corrected chi connectivity index (χ3v) is 3.34. The van der Waals surface area contributed by atoms with E-state index >= 15 is 0 Å². The van der Waals surface area contributed by atoms with Gasteiger partial charge in [0.15, 0.2) is 0 Å². The Hall–Kier alpha value is -1.52. The van der Waals surface area contributed by atoms with Crippen LogP contribution in [0.1, 0.15) is 18.5 Å². The Morgan fingerprint density at radius 2 is 2.06 bits per heavy atom. The molecule has 1 heterocycles. The minimum Gasteiger partial charge on any atom is -0.491 e. The van der Waals surface area contributed by atoms with Crippen molar-refractivity contribution in [2.45, 2.75) is 13.0 Å². The number of nitrogens with one attached hydrogen (secondary N) is 1. The fourth-order valence-electron chi connectivity index (χ4n) is 1.67. The van der Waals surface area contributed by atoms with E-state index in [0.717, 1.165) is 11.4 Å². The first-order valence-corrected chi connectivity index (χ1v) is 6.86. The van der Waals surface area contributed by atoms with Gasteiger partial charge in [0.05, 0.1) is 6.61 Å². The van der Waals surface area contributed by atoms with Gasteiger partial charge in [0.2, 0.25) is 0 Å². The lowest BCUT2D eigenvalue weighted by Gasteiger charge is -2.14. The van der Waals surface area contributed by atoms with Gasteiger partial charge >= 0.3 is 0 Å². The molecule has 3 nitrogen and oxygen atoms in total. The molecule has 0 aliphatic rings. The molecule has 1 aromatic heterocycles. The lowest BCUT2D eigenvalue weighted by molar-refractivity contribution is 0.201. The molecule has 0 saturated carbocycles. The Bertz CT molecular complexity index is 453. The largest absolute Gasteiger partial charge is 0.491 e. The van der Waals surface area contributed by atoms with E-state index in [-0.39, 0.29) is 6.61 Å². The highest BCUT2D eigenvalue weighted by atomic mass is 32.1. The summed E-state index contributed by atoms with van der Waals surface area (Å²) >= 11 is 1.71. The highest BCUT2D eigenvalue weighted by Crippen LogP contribution is 2.22. The first-order chi connectivity index (χ1) is 8.79. The molecule has 4 heteroatoms. The standard InChI is InChI=1S/C14H17NO2S/c1-11(12-6-9-18-10-12)15-13-2-4-14(5-3-13)17-8-7-16/h2-6,9-11,15-16H,7-8H2,1H3. The van der Waals surface area contributed by atoms with Crippen LogP contribution in [0.3, 0.4) is 0 Å². The third kappa shape index (κ3) is 3.48. The van der Waals surface area contributed by atoms with Gasteiger partial charge in [0.1, 0.15) is 12.4 Å². The van der Waals surface area contributed by atoms with Gasteiger partial charge < -0.3 is 15.2 Å². The second-order valence-electron chi connectivity index (χ2n) is 4.02. The van der Waals surface area contributed by atoms with Gasteiger partial charge in [-0.15, -0.1) is 0 Å². The number of anilines is 1. The average molecular weight is 263 g/mol. The number of rotatable bonds is 6. The Balaban J connectivity index is 1.93. The molecule has 0 amide bonds. The summed E-state index contributed by atoms with van der Waals surface area (Å²) in [5.74, 6) is 0.776. The number of benzene rings is 1. The van der Waals surface area contributed by atoms with Gasteiger partial charge in [0.25, 0.3) is 0 Å². The summed E-state index contributed by atoms with van der Waals surface area (Å²) in [6.07, 6.45) is 0. The van der Waals surface area contributed by atoms with Gasteiger partial charge in [0, 0.05) is 11.7 Å². The van der Waals surface area contributed by atoms with Gasteiger partial charge in [-0.2, -0.15) is 11.3 Å². The second-order valence-corrected chi connectivity index (χ2v) is 4.80. The molecular formula is C14H17NO2S. The van der Waals surface area contributed by atoms with Crippen molar-refractivity contribution in [1.82, 2.24) is 0 Å². The Labute approximate surface area is 111 Å². The molecule has 0 spiro atoms. The smallest absolute Gasteiger partial charge is 0.119 e. The lowest BCUT2D eigenvalue weighted by atomic mass is 10.1. The van der Waals surface area contributed by atoms with Crippen molar-refractivity contribution in [3.63, 3.8) is 0 Å². The van der Waals surface area contributed by atoms with E-state index in [4.69, 9.17) is 9.84 Å². The monoisotopic (exact) mass is 263 g/mol. The Morgan fingerprint density at radius 1 is 1.28 bits per heavy atom. The number of aliphatic hydroxyl groups excluding tert-OH is 1. The molecule has 0 saturated heterocycles. The minimum atomic E-state index is 0.0369. The number of hydrogen-bond acceptors (Lipinski definition) is 4. The summed E-state index contributed by atoms with van der Waals surface area (Å²) in [5, 5.41) is 16.3. The van der Waals surface area contributed by atoms with Gasteiger partial charge in [-0.1, -0.05) is 0 Å². The van der Waals surface area contributed by atoms with Crippen LogP contribution in [-0.2, 0) is 0 Å². The lowest BCUT2D eigenvalue weighted by Crippen LogP contribution is -2.05. The molecule has 1 aromatic carbocycles. The molecule has 1 atom stereocenters. The van der Waals surface area contributed by atoms with Crippen LogP contribution in [0, 0.1) is 0 Å². The summed E-state index contributed by atoms with van der Waals surface area (Å²) < 4.78 is 5.31. The van der Waals surface area contributed by atoms with Crippen molar-refractivity contribution < 1.29 is 9.84 Å². The van der Waals surface area contributed by atoms with Crippen molar-refractivity contribution in [2.24, 2.45) is 0 Å². The number of hydrogen-bond donors (Lipinski definition) is 2. The van der Waals surface area contributed by atoms with E-state index in [1.165, 1.54) is 5.56 Å². The molecule has 0 radical (unpaired) electrons. The van der Waals surface area contributed by atoms with Crippen LogP contribution in [0.4, 0.5) is 5.69 Å². The van der Waals surface area contributed by atoms with Crippen molar-refractivity contribution >= 4 is 17.0 Å². The SMILES string of the molecule is CC(Nc1ccc(OCCO)cc1)c1ccsc1. The van der Waals surface area contributed by atoms with Crippen LogP contribution in [-0.4, -0.2) is 18.3 Å². The number of ether oxygens (including phenoxy) is 1. The highest BCUT2D eigenvalue weighted by Gasteiger charge is 2.05. The number of thiophene rings is 1. The van der Waals surface area contributed by atoms with E-state index in [2.05, 4.69) is 29.1 Å². The summed E-state index contributed by atoms with van der Waals surface area (Å²) in [6, 6.07) is 10.2. The van der Waals surface area contributed by atoms with Crippen molar-refractivity contribution in [1.29, 1.82) is 0 Å². The number of aliphatic hydroxyl groups is 1. The van der Waals surface area contributed by atoms with Gasteiger partial charge in [-0.05, 0) is 53.6 Å². The maximum absolute atomic E-state index is 8.67. The summed E-state index contributed by atoms with van der Waals surface area (Å²) in [7, 11) is 0. The molecule has 2 aromatic rings. The minimum absolute atomic E-state index is 0.0369. The van der Waals surface area contributed by atoms with E-state index in [0.29, 0.717) is 12.6 Å². The third-order valence-electron chi connectivity index (χ3n) is 2.64. The van der Waals surface area contributed by atoms with Crippen molar-refractivity contribution in [3.05, 3.63) is 46.7 Å². The van der Waals surface area contributed by atoms with Gasteiger partial charge in [-0.3, -0.25) is 0 Å². The van der Waals surface area contributed by atoms with Crippen LogP contribution >= 0.6 is 11.3 Å². The van der Waals surface area contributed by atoms with E-state index < -0.39 is 0 Å². The molecular weight excluding hydrogens is 246 g/mol. The molecule has 0 aliphatic heterocycles. The zero-order chi connectivity index (χ0) is 12.8. The van der Waals surface area contributed by atoms with Crippen molar-refractivity contribution in [2.75, 3.05) is 18.5 Å². The molecule has 2 N–H and O–H groups in total. The van der Waals surface area contributed by atoms with E-state index in [1.54, 1.807) is 11.3 Å². The zero-order valence-corrected chi connectivity index (χ0v) is 11.1. The van der Waals surface area contributed by atoms with Crippen LogP contribution in [0.15, 0.2) is 41.1 Å². The van der Waals surface area contributed by atoms with Crippen LogP contribution in [0.5, 0.6) is 5.75 Å². The topological polar surface area (TPSA) is 41.5 Å². The van der Waals surface area contributed by atoms with Gasteiger partial charge in [-0.25, -0.2) is 0 Å². The fraction of sp³-hybridized carbons (Fsp3) is 0.286.